The second-order valence-corrected chi connectivity index (χ2v) is 5.21. The molecule has 0 unspecified atom stereocenters. The first-order chi connectivity index (χ1) is 8.31. The molecule has 0 N–H and O–H groups in total. The second-order valence-electron chi connectivity index (χ2n) is 4.34. The van der Waals surface area contributed by atoms with Gasteiger partial charge in [-0.1, -0.05) is 37.0 Å². The first-order valence-electron chi connectivity index (χ1n) is 5.54. The third-order valence-corrected chi connectivity index (χ3v) is 2.80. The van der Waals surface area contributed by atoms with Crippen LogP contribution < -0.4 is 0 Å². The molecule has 4 heteroatoms. The number of hydrogen-bond donors (Lipinski definition) is 0. The van der Waals surface area contributed by atoms with Gasteiger partial charge in [-0.3, -0.25) is 9.59 Å². The molecule has 0 aliphatic rings. The van der Waals surface area contributed by atoms with Crippen molar-refractivity contribution in [2.24, 2.45) is 5.92 Å². The average molecular weight is 285 g/mol. The molecule has 1 aromatic carbocycles. The molecule has 0 bridgehead atoms. The van der Waals surface area contributed by atoms with Crippen molar-refractivity contribution in [1.82, 2.24) is 0 Å². The van der Waals surface area contributed by atoms with Crippen molar-refractivity contribution in [2.45, 2.75) is 20.8 Å². The minimum Gasteiger partial charge on any atom is -0.294 e. The summed E-state index contributed by atoms with van der Waals surface area (Å²) in [5.74, 6) is -0.668. The van der Waals surface area contributed by atoms with E-state index >= 15 is 0 Å². The Morgan fingerprint density at radius 3 is 2.00 bits per heavy atom. The highest BCUT2D eigenvalue weighted by Crippen LogP contribution is 2.22. The van der Waals surface area contributed by atoms with E-state index in [9.17, 15) is 9.59 Å². The van der Waals surface area contributed by atoms with Gasteiger partial charge in [-0.15, -0.1) is 0 Å². The van der Waals surface area contributed by atoms with Crippen LogP contribution in [-0.4, -0.2) is 11.6 Å². The first kappa shape index (κ1) is 14.9. The van der Waals surface area contributed by atoms with Crippen LogP contribution in [0.1, 0.15) is 26.3 Å². The van der Waals surface area contributed by atoms with Crippen LogP contribution in [0.2, 0.25) is 10.0 Å². The van der Waals surface area contributed by atoms with E-state index in [-0.39, 0.29) is 23.1 Å². The fourth-order valence-corrected chi connectivity index (χ4v) is 2.03. The van der Waals surface area contributed by atoms with Gasteiger partial charge in [0.1, 0.15) is 0 Å². The number of rotatable bonds is 4. The molecule has 0 saturated heterocycles. The maximum absolute atomic E-state index is 11.9. The largest absolute Gasteiger partial charge is 0.294 e. The van der Waals surface area contributed by atoms with Crippen LogP contribution in [0, 0.1) is 5.92 Å². The van der Waals surface area contributed by atoms with E-state index in [0.717, 1.165) is 0 Å². The van der Waals surface area contributed by atoms with Gasteiger partial charge in [0.25, 0.3) is 0 Å². The highest BCUT2D eigenvalue weighted by atomic mass is 35.5. The summed E-state index contributed by atoms with van der Waals surface area (Å²) in [5, 5.41) is 0.933. The summed E-state index contributed by atoms with van der Waals surface area (Å²) in [5.41, 5.74) is 0.815. The van der Waals surface area contributed by atoms with Gasteiger partial charge in [0.15, 0.2) is 11.6 Å². The highest BCUT2D eigenvalue weighted by molar-refractivity contribution is 6.35. The molecule has 1 aromatic rings. The van der Waals surface area contributed by atoms with Crippen molar-refractivity contribution in [3.63, 3.8) is 0 Å². The van der Waals surface area contributed by atoms with E-state index in [2.05, 4.69) is 0 Å². The number of carbonyl (C=O) groups is 2. The van der Waals surface area contributed by atoms with E-state index in [1.54, 1.807) is 32.0 Å². The maximum atomic E-state index is 11.9. The molecule has 2 nitrogen and oxygen atoms in total. The Morgan fingerprint density at radius 2 is 1.61 bits per heavy atom. The fraction of sp³-hybridized carbons (Fsp3) is 0.286. The Balaban J connectivity index is 3.24. The molecule has 1 rings (SSSR count). The Kier molecular flexibility index (Phi) is 5.12. The van der Waals surface area contributed by atoms with E-state index in [1.165, 1.54) is 13.0 Å². The molecular formula is C14H14Cl2O2. The monoisotopic (exact) mass is 284 g/mol. The summed E-state index contributed by atoms with van der Waals surface area (Å²) in [6.07, 6.45) is 1.53. The number of ketones is 2. The Labute approximate surface area is 117 Å². The van der Waals surface area contributed by atoms with Gasteiger partial charge in [0, 0.05) is 16.0 Å². The Morgan fingerprint density at radius 1 is 1.11 bits per heavy atom. The Bertz CT molecular complexity index is 496. The molecule has 0 heterocycles. The van der Waals surface area contributed by atoms with E-state index in [4.69, 9.17) is 23.2 Å². The van der Waals surface area contributed by atoms with Crippen LogP contribution in [0.25, 0.3) is 6.08 Å². The number of allylic oxidation sites excluding steroid dienone is 1. The smallest absolute Gasteiger partial charge is 0.168 e. The predicted molar refractivity (Wildman–Crippen MR) is 75.0 cm³/mol. The van der Waals surface area contributed by atoms with E-state index in [1.807, 2.05) is 0 Å². The predicted octanol–water partition coefficient (Wildman–Crippen LogP) is 4.19. The SMILES string of the molecule is CC(=O)/C(=C/c1cc(Cl)cc(Cl)c1)C(=O)C(C)C. The molecule has 0 aromatic heterocycles. The average Bonchev–Trinajstić information content (AvgIpc) is 2.23. The highest BCUT2D eigenvalue weighted by Gasteiger charge is 2.17. The molecule has 0 amide bonds. The van der Waals surface area contributed by atoms with Crippen molar-refractivity contribution in [2.75, 3.05) is 0 Å². The molecule has 0 atom stereocenters. The van der Waals surface area contributed by atoms with Crippen molar-refractivity contribution in [3.05, 3.63) is 39.4 Å². The van der Waals surface area contributed by atoms with E-state index < -0.39 is 0 Å². The summed E-state index contributed by atoms with van der Waals surface area (Å²) < 4.78 is 0. The summed E-state index contributed by atoms with van der Waals surface area (Å²) in [6, 6.07) is 4.91. The zero-order valence-electron chi connectivity index (χ0n) is 10.5. The normalized spacial score (nSPS) is 11.8. The number of Topliss-reactive ketones (excluding diaryl/α,β-unsaturated/α-hetero) is 2. The van der Waals surface area contributed by atoms with Crippen LogP contribution in [0.5, 0.6) is 0 Å². The summed E-state index contributed by atoms with van der Waals surface area (Å²) in [4.78, 5) is 23.4. The minimum absolute atomic E-state index is 0.170. The van der Waals surface area contributed by atoms with Gasteiger partial charge in [0.2, 0.25) is 0 Å². The van der Waals surface area contributed by atoms with Gasteiger partial charge in [0.05, 0.1) is 5.57 Å². The van der Waals surface area contributed by atoms with Gasteiger partial charge >= 0.3 is 0 Å². The number of benzene rings is 1. The lowest BCUT2D eigenvalue weighted by Crippen LogP contribution is -2.15. The van der Waals surface area contributed by atoms with Crippen molar-refractivity contribution in [1.29, 1.82) is 0 Å². The number of carbonyl (C=O) groups excluding carboxylic acids is 2. The van der Waals surface area contributed by atoms with Gasteiger partial charge < -0.3 is 0 Å². The molecule has 0 aliphatic heterocycles. The molecular weight excluding hydrogens is 271 g/mol. The molecule has 0 radical (unpaired) electrons. The zero-order valence-corrected chi connectivity index (χ0v) is 12.0. The Hall–Kier alpha value is -1.12. The quantitative estimate of drug-likeness (QED) is 0.472. The van der Waals surface area contributed by atoms with Crippen molar-refractivity contribution < 1.29 is 9.59 Å². The van der Waals surface area contributed by atoms with Crippen LogP contribution >= 0.6 is 23.2 Å². The molecule has 0 aliphatic carbocycles. The lowest BCUT2D eigenvalue weighted by Gasteiger charge is -2.06. The molecule has 0 saturated carbocycles. The standard InChI is InChI=1S/C14H14Cl2O2/c1-8(2)14(18)13(9(3)17)6-10-4-11(15)7-12(16)5-10/h4-8H,1-3H3/b13-6-. The van der Waals surface area contributed by atoms with Crippen molar-refractivity contribution in [3.8, 4) is 0 Å². The third-order valence-electron chi connectivity index (χ3n) is 2.37. The molecule has 96 valence electrons. The summed E-state index contributed by atoms with van der Waals surface area (Å²) in [7, 11) is 0. The molecule has 18 heavy (non-hydrogen) atoms. The zero-order chi connectivity index (χ0) is 13.9. The third kappa shape index (κ3) is 3.97. The van der Waals surface area contributed by atoms with E-state index in [0.29, 0.717) is 15.6 Å². The van der Waals surface area contributed by atoms with Crippen LogP contribution in [0.4, 0.5) is 0 Å². The number of halogens is 2. The fourth-order valence-electron chi connectivity index (χ4n) is 1.48. The van der Waals surface area contributed by atoms with Crippen LogP contribution in [-0.2, 0) is 9.59 Å². The van der Waals surface area contributed by atoms with Crippen molar-refractivity contribution >= 4 is 40.8 Å². The minimum atomic E-state index is -0.259. The molecule has 0 spiro atoms. The van der Waals surface area contributed by atoms with Gasteiger partial charge in [-0.05, 0) is 36.8 Å². The summed E-state index contributed by atoms with van der Waals surface area (Å²) in [6.45, 7) is 4.88. The van der Waals surface area contributed by atoms with Crippen LogP contribution in [0.3, 0.4) is 0 Å². The number of hydrogen-bond acceptors (Lipinski definition) is 2. The van der Waals surface area contributed by atoms with Gasteiger partial charge in [-0.2, -0.15) is 0 Å². The topological polar surface area (TPSA) is 34.1 Å². The van der Waals surface area contributed by atoms with Gasteiger partial charge in [-0.25, -0.2) is 0 Å². The van der Waals surface area contributed by atoms with Crippen LogP contribution in [0.15, 0.2) is 23.8 Å². The second kappa shape index (κ2) is 6.17. The maximum Gasteiger partial charge on any atom is 0.168 e. The molecule has 0 fully saturated rings. The first-order valence-corrected chi connectivity index (χ1v) is 6.29. The summed E-state index contributed by atoms with van der Waals surface area (Å²) >= 11 is 11.7. The lowest BCUT2D eigenvalue weighted by atomic mass is 9.96. The lowest BCUT2D eigenvalue weighted by molar-refractivity contribution is -0.122.